The zero-order valence-electron chi connectivity index (χ0n) is 11.2. The normalized spacial score (nSPS) is 20.6. The van der Waals surface area contributed by atoms with Gasteiger partial charge in [0.1, 0.15) is 18.1 Å². The Balaban J connectivity index is 1.69. The Labute approximate surface area is 121 Å². The fraction of sp³-hybridized carbons (Fsp3) is 0.429. The molecule has 106 valence electrons. The highest BCUT2D eigenvalue weighted by Crippen LogP contribution is 2.30. The summed E-state index contributed by atoms with van der Waals surface area (Å²) in [4.78, 5) is 16.4. The maximum absolute atomic E-state index is 12.2. The molecule has 1 aromatic carbocycles. The summed E-state index contributed by atoms with van der Waals surface area (Å²) in [5, 5.41) is 3.60. The topological polar surface area (TPSA) is 59.9 Å². The van der Waals surface area contributed by atoms with E-state index in [2.05, 4.69) is 10.3 Å². The zero-order chi connectivity index (χ0) is 13.9. The highest BCUT2D eigenvalue weighted by Gasteiger charge is 2.27. The van der Waals surface area contributed by atoms with Gasteiger partial charge in [0.2, 0.25) is 5.91 Å². The maximum Gasteiger partial charge on any atom is 0.232 e. The Bertz CT molecular complexity index is 559. The number of carbonyl (C=O) groups excluding carboxylic acids is 1. The van der Waals surface area contributed by atoms with Gasteiger partial charge in [0, 0.05) is 5.75 Å². The second-order valence-electron chi connectivity index (χ2n) is 4.71. The van der Waals surface area contributed by atoms with E-state index in [9.17, 15) is 4.79 Å². The van der Waals surface area contributed by atoms with E-state index in [1.807, 2.05) is 18.2 Å². The average Bonchev–Trinajstić information content (AvgIpc) is 2.99. The van der Waals surface area contributed by atoms with Gasteiger partial charge in [-0.3, -0.25) is 9.79 Å². The molecular formula is C14H16N2O3S. The minimum Gasteiger partial charge on any atom is -0.497 e. The van der Waals surface area contributed by atoms with Crippen molar-refractivity contribution < 1.29 is 14.3 Å². The number of aliphatic imine (C=N–C) groups is 1. The van der Waals surface area contributed by atoms with Crippen LogP contribution in [0.25, 0.3) is 0 Å². The highest BCUT2D eigenvalue weighted by atomic mass is 32.2. The van der Waals surface area contributed by atoms with Crippen molar-refractivity contribution in [3.8, 4) is 11.5 Å². The summed E-state index contributed by atoms with van der Waals surface area (Å²) in [6.45, 7) is 1.19. The third-order valence-corrected chi connectivity index (χ3v) is 4.25. The number of fused-ring (bicyclic) bond motifs is 1. The third kappa shape index (κ3) is 2.75. The van der Waals surface area contributed by atoms with E-state index in [1.54, 1.807) is 18.9 Å². The van der Waals surface area contributed by atoms with Crippen LogP contribution in [0.4, 0.5) is 0 Å². The third-order valence-electron chi connectivity index (χ3n) is 3.36. The molecule has 0 saturated carbocycles. The molecule has 0 radical (unpaired) electrons. The van der Waals surface area contributed by atoms with Crippen LogP contribution in [0.5, 0.6) is 11.5 Å². The van der Waals surface area contributed by atoms with E-state index in [4.69, 9.17) is 9.47 Å². The molecule has 0 saturated heterocycles. The molecule has 6 heteroatoms. The SMILES string of the molecule is COc1ccc2c(c1)CC(C(=O)NC1=NCCS1)CO2. The first kappa shape index (κ1) is 13.3. The average molecular weight is 292 g/mol. The second kappa shape index (κ2) is 5.75. The number of hydrogen-bond acceptors (Lipinski definition) is 5. The van der Waals surface area contributed by atoms with Crippen molar-refractivity contribution in [1.82, 2.24) is 5.32 Å². The van der Waals surface area contributed by atoms with Gasteiger partial charge < -0.3 is 14.8 Å². The Morgan fingerprint density at radius 2 is 2.45 bits per heavy atom. The first-order chi connectivity index (χ1) is 9.76. The van der Waals surface area contributed by atoms with Crippen LogP contribution in [0, 0.1) is 5.92 Å². The van der Waals surface area contributed by atoms with Crippen molar-refractivity contribution in [2.75, 3.05) is 26.0 Å². The van der Waals surface area contributed by atoms with Crippen molar-refractivity contribution >= 4 is 22.8 Å². The van der Waals surface area contributed by atoms with Crippen molar-refractivity contribution in [2.45, 2.75) is 6.42 Å². The number of methoxy groups -OCH3 is 1. The van der Waals surface area contributed by atoms with Crippen LogP contribution in [-0.2, 0) is 11.2 Å². The van der Waals surface area contributed by atoms with Gasteiger partial charge in [-0.15, -0.1) is 0 Å². The molecule has 2 aliphatic rings. The minimum atomic E-state index is -0.182. The molecule has 0 aliphatic carbocycles. The lowest BCUT2D eigenvalue weighted by Gasteiger charge is -2.24. The fourth-order valence-electron chi connectivity index (χ4n) is 2.28. The molecule has 0 spiro atoms. The van der Waals surface area contributed by atoms with E-state index < -0.39 is 0 Å². The van der Waals surface area contributed by atoms with Crippen LogP contribution in [-0.4, -0.2) is 37.1 Å². The van der Waals surface area contributed by atoms with E-state index in [1.165, 1.54) is 0 Å². The Morgan fingerprint density at radius 3 is 3.20 bits per heavy atom. The summed E-state index contributed by atoms with van der Waals surface area (Å²) >= 11 is 1.58. The number of benzene rings is 1. The number of nitrogens with zero attached hydrogens (tertiary/aromatic N) is 1. The van der Waals surface area contributed by atoms with E-state index in [0.29, 0.717) is 13.0 Å². The van der Waals surface area contributed by atoms with E-state index in [0.717, 1.165) is 34.5 Å². The molecule has 0 aromatic heterocycles. The quantitative estimate of drug-likeness (QED) is 0.896. The summed E-state index contributed by atoms with van der Waals surface area (Å²) < 4.78 is 10.9. The molecule has 0 bridgehead atoms. The van der Waals surface area contributed by atoms with Gasteiger partial charge in [0.25, 0.3) is 0 Å². The number of nitrogens with one attached hydrogen (secondary N) is 1. The largest absolute Gasteiger partial charge is 0.497 e. The molecule has 1 unspecified atom stereocenters. The summed E-state index contributed by atoms with van der Waals surface area (Å²) in [6, 6.07) is 5.68. The molecule has 2 aliphatic heterocycles. The predicted molar refractivity (Wildman–Crippen MR) is 78.6 cm³/mol. The van der Waals surface area contributed by atoms with Crippen molar-refractivity contribution in [3.63, 3.8) is 0 Å². The van der Waals surface area contributed by atoms with Crippen molar-refractivity contribution in [1.29, 1.82) is 0 Å². The van der Waals surface area contributed by atoms with Crippen molar-refractivity contribution in [3.05, 3.63) is 23.8 Å². The molecule has 1 amide bonds. The number of amides is 1. The lowest BCUT2D eigenvalue weighted by atomic mass is 9.96. The van der Waals surface area contributed by atoms with Gasteiger partial charge >= 0.3 is 0 Å². The minimum absolute atomic E-state index is 0.0216. The molecule has 5 nitrogen and oxygen atoms in total. The van der Waals surface area contributed by atoms with Crippen molar-refractivity contribution in [2.24, 2.45) is 10.9 Å². The van der Waals surface area contributed by atoms with Gasteiger partial charge in [-0.25, -0.2) is 0 Å². The first-order valence-corrected chi connectivity index (χ1v) is 7.52. The zero-order valence-corrected chi connectivity index (χ0v) is 12.0. The van der Waals surface area contributed by atoms with E-state index in [-0.39, 0.29) is 11.8 Å². The molecule has 2 heterocycles. The van der Waals surface area contributed by atoms with Gasteiger partial charge in [-0.1, -0.05) is 11.8 Å². The molecule has 3 rings (SSSR count). The van der Waals surface area contributed by atoms with E-state index >= 15 is 0 Å². The van der Waals surface area contributed by atoms with Gasteiger partial charge in [-0.2, -0.15) is 0 Å². The van der Waals surface area contributed by atoms with Crippen LogP contribution >= 0.6 is 11.8 Å². The lowest BCUT2D eigenvalue weighted by Crippen LogP contribution is -2.39. The maximum atomic E-state index is 12.2. The number of rotatable bonds is 2. The molecular weight excluding hydrogens is 276 g/mol. The molecule has 1 aromatic rings. The monoisotopic (exact) mass is 292 g/mol. The second-order valence-corrected chi connectivity index (χ2v) is 5.79. The van der Waals surface area contributed by atoms with Crippen LogP contribution in [0.15, 0.2) is 23.2 Å². The van der Waals surface area contributed by atoms with Gasteiger partial charge in [-0.05, 0) is 30.2 Å². The number of carbonyl (C=O) groups is 1. The van der Waals surface area contributed by atoms with Crippen LogP contribution in [0.2, 0.25) is 0 Å². The molecule has 0 fully saturated rings. The fourth-order valence-corrected chi connectivity index (χ4v) is 3.02. The Hall–Kier alpha value is -1.69. The molecule has 1 atom stereocenters. The van der Waals surface area contributed by atoms with Crippen LogP contribution in [0.3, 0.4) is 0 Å². The lowest BCUT2D eigenvalue weighted by molar-refractivity contribution is -0.124. The van der Waals surface area contributed by atoms with Gasteiger partial charge in [0.15, 0.2) is 5.17 Å². The summed E-state index contributed by atoms with van der Waals surface area (Å²) in [6.07, 6.45) is 0.663. The Morgan fingerprint density at radius 1 is 1.55 bits per heavy atom. The highest BCUT2D eigenvalue weighted by molar-refractivity contribution is 8.14. The molecule has 20 heavy (non-hydrogen) atoms. The number of thioether (sulfide) groups is 1. The van der Waals surface area contributed by atoms with Gasteiger partial charge in [0.05, 0.1) is 19.6 Å². The number of amidine groups is 1. The first-order valence-electron chi connectivity index (χ1n) is 6.54. The summed E-state index contributed by atoms with van der Waals surface area (Å²) in [5.74, 6) is 2.35. The molecule has 1 N–H and O–H groups in total. The number of ether oxygens (including phenoxy) is 2. The smallest absolute Gasteiger partial charge is 0.232 e. The summed E-state index contributed by atoms with van der Waals surface area (Å²) in [7, 11) is 1.63. The summed E-state index contributed by atoms with van der Waals surface area (Å²) in [5.41, 5.74) is 1.01. The Kier molecular flexibility index (Phi) is 3.82. The number of hydrogen-bond donors (Lipinski definition) is 1. The predicted octanol–water partition coefficient (Wildman–Crippen LogP) is 1.47. The standard InChI is InChI=1S/C14H16N2O3S/c1-18-11-2-3-12-9(7-11)6-10(8-19-12)13(17)16-14-15-4-5-20-14/h2-3,7,10H,4-6,8H2,1H3,(H,15,16,17). The van der Waals surface area contributed by atoms with Crippen LogP contribution < -0.4 is 14.8 Å². The van der Waals surface area contributed by atoms with Crippen LogP contribution in [0.1, 0.15) is 5.56 Å².